The summed E-state index contributed by atoms with van der Waals surface area (Å²) in [5.74, 6) is 0. The van der Waals surface area contributed by atoms with Crippen molar-refractivity contribution in [2.75, 3.05) is 16.4 Å². The summed E-state index contributed by atoms with van der Waals surface area (Å²) < 4.78 is 2.06. The van der Waals surface area contributed by atoms with Crippen molar-refractivity contribution in [2.24, 2.45) is 0 Å². The van der Waals surface area contributed by atoms with E-state index in [4.69, 9.17) is 10.7 Å². The zero-order valence-corrected chi connectivity index (χ0v) is 18.4. The molecule has 0 fully saturated rings. The predicted molar refractivity (Wildman–Crippen MR) is 132 cm³/mol. The maximum Gasteiger partial charge on any atom is 0.188 e. The summed E-state index contributed by atoms with van der Waals surface area (Å²) in [6.07, 6.45) is 3.88. The van der Waals surface area contributed by atoms with Crippen LogP contribution in [0.15, 0.2) is 73.6 Å². The van der Waals surface area contributed by atoms with Crippen LogP contribution in [0, 0.1) is 6.92 Å². The van der Waals surface area contributed by atoms with E-state index >= 15 is 0 Å². The number of aryl methyl sites for hydroxylation is 1. The second-order valence-electron chi connectivity index (χ2n) is 6.98. The quantitative estimate of drug-likeness (QED) is 0.270. The molecule has 5 rings (SSSR count). The number of nitrogens with zero attached hydrogens (tertiary/aromatic N) is 3. The van der Waals surface area contributed by atoms with Crippen molar-refractivity contribution in [3.05, 3.63) is 83.3 Å². The van der Waals surface area contributed by atoms with Crippen molar-refractivity contribution < 1.29 is 0 Å². The molecule has 0 amide bonds. The molecular weight excluding hydrogens is 424 g/mol. The van der Waals surface area contributed by atoms with E-state index in [1.807, 2.05) is 67.0 Å². The first-order valence-electron chi connectivity index (χ1n) is 9.66. The number of thiazole rings is 1. The molecule has 4 aromatic heterocycles. The maximum atomic E-state index is 6.02. The smallest absolute Gasteiger partial charge is 0.188 e. The van der Waals surface area contributed by atoms with Crippen LogP contribution in [0.1, 0.15) is 9.75 Å². The highest BCUT2D eigenvalue weighted by Crippen LogP contribution is 2.35. The first kappa shape index (κ1) is 19.3. The van der Waals surface area contributed by atoms with Gasteiger partial charge in [-0.1, -0.05) is 24.8 Å². The largest absolute Gasteiger partial charge is 0.397 e. The number of hydrogen-bond acceptors (Lipinski definition) is 7. The monoisotopic (exact) mass is 444 g/mol. The Kier molecular flexibility index (Phi) is 4.93. The Morgan fingerprint density at radius 2 is 1.90 bits per heavy atom. The van der Waals surface area contributed by atoms with Crippen molar-refractivity contribution >= 4 is 55.5 Å². The van der Waals surface area contributed by atoms with E-state index in [-0.39, 0.29) is 0 Å². The number of para-hydroxylation sites is 2. The lowest BCUT2D eigenvalue weighted by Gasteiger charge is -2.10. The van der Waals surface area contributed by atoms with E-state index in [1.165, 1.54) is 0 Å². The summed E-state index contributed by atoms with van der Waals surface area (Å²) in [6.45, 7) is 6.24. The Balaban J connectivity index is 1.35. The third-order valence-electron chi connectivity index (χ3n) is 4.84. The van der Waals surface area contributed by atoms with Crippen LogP contribution < -0.4 is 16.4 Å². The van der Waals surface area contributed by atoms with Gasteiger partial charge >= 0.3 is 0 Å². The molecule has 6 nitrogen and oxygen atoms in total. The molecule has 0 saturated heterocycles. The SMILES string of the molecule is C=C(Nc1ccccc1N)c1ccc(Nc2nc(-c3cnc4ccccn34)c(C)s2)s1. The highest BCUT2D eigenvalue weighted by Gasteiger charge is 2.15. The van der Waals surface area contributed by atoms with Crippen LogP contribution in [0.4, 0.5) is 21.5 Å². The van der Waals surface area contributed by atoms with Crippen molar-refractivity contribution in [1.82, 2.24) is 14.4 Å². The van der Waals surface area contributed by atoms with Crippen LogP contribution in [-0.4, -0.2) is 14.4 Å². The lowest BCUT2D eigenvalue weighted by Crippen LogP contribution is -1.99. The molecule has 0 aliphatic heterocycles. The first-order chi connectivity index (χ1) is 15.1. The van der Waals surface area contributed by atoms with Crippen LogP contribution in [0.25, 0.3) is 22.7 Å². The molecular formula is C23H20N6S2. The summed E-state index contributed by atoms with van der Waals surface area (Å²) in [5.41, 5.74) is 11.2. The molecule has 0 radical (unpaired) electrons. The molecule has 0 unspecified atom stereocenters. The summed E-state index contributed by atoms with van der Waals surface area (Å²) in [5, 5.41) is 8.56. The van der Waals surface area contributed by atoms with Crippen molar-refractivity contribution in [3.8, 4) is 11.4 Å². The van der Waals surface area contributed by atoms with Crippen LogP contribution in [0.2, 0.25) is 0 Å². The molecule has 0 aliphatic carbocycles. The fourth-order valence-electron chi connectivity index (χ4n) is 3.30. The molecule has 8 heteroatoms. The third-order valence-corrected chi connectivity index (χ3v) is 6.78. The van der Waals surface area contributed by atoms with Gasteiger partial charge < -0.3 is 16.4 Å². The average molecular weight is 445 g/mol. The molecule has 4 N–H and O–H groups in total. The van der Waals surface area contributed by atoms with Gasteiger partial charge in [0.15, 0.2) is 5.13 Å². The van der Waals surface area contributed by atoms with Gasteiger partial charge in [0.05, 0.1) is 33.1 Å². The number of rotatable bonds is 6. The van der Waals surface area contributed by atoms with E-state index in [2.05, 4.69) is 33.5 Å². The molecule has 0 saturated carbocycles. The van der Waals surface area contributed by atoms with Gasteiger partial charge in [0.25, 0.3) is 0 Å². The first-order valence-corrected chi connectivity index (χ1v) is 11.3. The molecule has 0 spiro atoms. The van der Waals surface area contributed by atoms with Gasteiger partial charge in [-0.3, -0.25) is 4.40 Å². The number of anilines is 4. The van der Waals surface area contributed by atoms with Gasteiger partial charge in [-0.2, -0.15) is 0 Å². The zero-order chi connectivity index (χ0) is 21.4. The Labute approximate surface area is 187 Å². The number of nitrogen functional groups attached to an aromatic ring is 1. The number of aromatic nitrogens is 3. The van der Waals surface area contributed by atoms with E-state index in [0.717, 1.165) is 48.3 Å². The van der Waals surface area contributed by atoms with Crippen molar-refractivity contribution in [2.45, 2.75) is 6.92 Å². The summed E-state index contributed by atoms with van der Waals surface area (Å²) in [6, 6.07) is 17.7. The second-order valence-corrected chi connectivity index (χ2v) is 9.26. The van der Waals surface area contributed by atoms with Gasteiger partial charge in [-0.15, -0.1) is 22.7 Å². The fourth-order valence-corrected chi connectivity index (χ4v) is 5.03. The Morgan fingerprint density at radius 3 is 2.77 bits per heavy atom. The minimum absolute atomic E-state index is 0.691. The summed E-state index contributed by atoms with van der Waals surface area (Å²) >= 11 is 3.24. The minimum Gasteiger partial charge on any atom is -0.397 e. The second kappa shape index (κ2) is 7.90. The van der Waals surface area contributed by atoms with E-state index in [9.17, 15) is 0 Å². The van der Waals surface area contributed by atoms with Gasteiger partial charge in [0.2, 0.25) is 0 Å². The van der Waals surface area contributed by atoms with Crippen LogP contribution in [0.5, 0.6) is 0 Å². The normalized spacial score (nSPS) is 11.0. The molecule has 0 bridgehead atoms. The van der Waals surface area contributed by atoms with Crippen LogP contribution in [0.3, 0.4) is 0 Å². The van der Waals surface area contributed by atoms with E-state index in [0.29, 0.717) is 5.69 Å². The molecule has 5 aromatic rings. The standard InChI is InChI=1S/C23H20N6S2/c1-14(26-17-8-4-3-7-16(17)24)19-10-11-21(31-19)27-23-28-22(15(2)30-23)18-13-25-20-9-5-6-12-29(18)20/h3-13,26H,1,24H2,2H3,(H,27,28). The van der Waals surface area contributed by atoms with Gasteiger partial charge in [0.1, 0.15) is 11.3 Å². The van der Waals surface area contributed by atoms with Gasteiger partial charge in [0, 0.05) is 16.8 Å². The zero-order valence-electron chi connectivity index (χ0n) is 16.8. The minimum atomic E-state index is 0.691. The molecule has 1 aromatic carbocycles. The highest BCUT2D eigenvalue weighted by molar-refractivity contribution is 7.18. The summed E-state index contributed by atoms with van der Waals surface area (Å²) in [4.78, 5) is 11.5. The Morgan fingerprint density at radius 1 is 1.06 bits per heavy atom. The number of nitrogens with two attached hydrogens (primary N) is 1. The number of nitrogens with one attached hydrogen (secondary N) is 2. The Bertz CT molecular complexity index is 1390. The molecule has 0 aliphatic rings. The number of fused-ring (bicyclic) bond motifs is 1. The predicted octanol–water partition coefficient (Wildman–Crippen LogP) is 6.24. The van der Waals surface area contributed by atoms with Gasteiger partial charge in [-0.25, -0.2) is 9.97 Å². The number of imidazole rings is 1. The number of pyridine rings is 1. The topological polar surface area (TPSA) is 80.3 Å². The summed E-state index contributed by atoms with van der Waals surface area (Å²) in [7, 11) is 0. The van der Waals surface area contributed by atoms with Crippen LogP contribution >= 0.6 is 22.7 Å². The maximum absolute atomic E-state index is 6.02. The number of hydrogen-bond donors (Lipinski definition) is 3. The molecule has 154 valence electrons. The fraction of sp³-hybridized carbons (Fsp3) is 0.0435. The van der Waals surface area contributed by atoms with E-state index in [1.54, 1.807) is 22.7 Å². The number of thiophene rings is 1. The average Bonchev–Trinajstić information content (AvgIpc) is 3.48. The molecule has 0 atom stereocenters. The number of benzene rings is 1. The van der Waals surface area contributed by atoms with Crippen molar-refractivity contribution in [3.63, 3.8) is 0 Å². The lowest BCUT2D eigenvalue weighted by molar-refractivity contribution is 1.17. The molecule has 4 heterocycles. The van der Waals surface area contributed by atoms with Gasteiger partial charge in [-0.05, 0) is 43.3 Å². The highest BCUT2D eigenvalue weighted by atomic mass is 32.1. The molecule has 31 heavy (non-hydrogen) atoms. The Hall–Kier alpha value is -3.62. The third kappa shape index (κ3) is 3.78. The van der Waals surface area contributed by atoms with Crippen LogP contribution in [-0.2, 0) is 0 Å². The van der Waals surface area contributed by atoms with Crippen molar-refractivity contribution in [1.29, 1.82) is 0 Å². The lowest BCUT2D eigenvalue weighted by atomic mass is 10.2. The van der Waals surface area contributed by atoms with E-state index < -0.39 is 0 Å².